The number of benzene rings is 1. The Kier molecular flexibility index (Phi) is 5.33. The highest BCUT2D eigenvalue weighted by atomic mass is 32.2. The highest BCUT2D eigenvalue weighted by molar-refractivity contribution is 7.90. The van der Waals surface area contributed by atoms with Gasteiger partial charge in [-0.3, -0.25) is 4.79 Å². The number of methoxy groups -OCH3 is 1. The lowest BCUT2D eigenvalue weighted by Crippen LogP contribution is -2.14. The average Bonchev–Trinajstić information content (AvgIpc) is 3.38. The molecule has 138 valence electrons. The normalized spacial score (nSPS) is 14.8. The molecule has 1 saturated carbocycles. The summed E-state index contributed by atoms with van der Waals surface area (Å²) in [7, 11) is 1.43. The summed E-state index contributed by atoms with van der Waals surface area (Å²) in [6.45, 7) is 1.84. The molecule has 1 aliphatic rings. The minimum Gasteiger partial charge on any atom is -0.612 e. The average molecular weight is 377 g/mol. The zero-order valence-corrected chi connectivity index (χ0v) is 15.6. The van der Waals surface area contributed by atoms with E-state index in [0.29, 0.717) is 10.7 Å². The fraction of sp³-hybridized carbons (Fsp3) is 0.389. The summed E-state index contributed by atoms with van der Waals surface area (Å²) >= 11 is -1.21. The van der Waals surface area contributed by atoms with E-state index in [1.165, 1.54) is 13.2 Å². The van der Waals surface area contributed by atoms with Crippen LogP contribution < -0.4 is 4.74 Å². The fourth-order valence-electron chi connectivity index (χ4n) is 2.66. The van der Waals surface area contributed by atoms with Crippen LogP contribution >= 0.6 is 0 Å². The number of ketones is 1. The third kappa shape index (κ3) is 3.47. The lowest BCUT2D eigenvalue weighted by molar-refractivity contribution is 0.0512. The number of hydrogen-bond acceptors (Lipinski definition) is 7. The Hall–Kier alpha value is -2.32. The van der Waals surface area contributed by atoms with Crippen molar-refractivity contribution in [2.24, 2.45) is 0 Å². The van der Waals surface area contributed by atoms with E-state index in [0.717, 1.165) is 12.8 Å². The number of nitrogens with zero attached hydrogens (tertiary/aromatic N) is 1. The molecule has 7 nitrogen and oxygen atoms in total. The standard InChI is InChI=1S/C18H19NO6S/c1-4-24-18(21)15-14(17(25-19-15)10-5-6-10)16(20)12-8-7-11(26(3)22)9-13(12)23-2/h7-10H,4-6H2,1-3H3. The Balaban J connectivity index is 2.07. The van der Waals surface area contributed by atoms with Gasteiger partial charge in [0.2, 0.25) is 11.5 Å². The number of ether oxygens (including phenoxy) is 2. The number of carbonyl (C=O) groups excluding carboxylic acids is 2. The molecule has 0 aliphatic heterocycles. The van der Waals surface area contributed by atoms with Crippen LogP contribution in [0.3, 0.4) is 0 Å². The molecule has 1 unspecified atom stereocenters. The zero-order chi connectivity index (χ0) is 18.8. The van der Waals surface area contributed by atoms with Crippen LogP contribution in [0.2, 0.25) is 0 Å². The van der Waals surface area contributed by atoms with Crippen LogP contribution in [0.25, 0.3) is 0 Å². The summed E-state index contributed by atoms with van der Waals surface area (Å²) < 4.78 is 27.3. The molecule has 1 aromatic heterocycles. The van der Waals surface area contributed by atoms with Crippen molar-refractivity contribution in [3.05, 3.63) is 40.8 Å². The zero-order valence-electron chi connectivity index (χ0n) is 14.7. The Labute approximate surface area is 153 Å². The lowest BCUT2D eigenvalue weighted by Gasteiger charge is -2.11. The minimum atomic E-state index is -1.21. The van der Waals surface area contributed by atoms with Crippen LogP contribution in [0.15, 0.2) is 27.6 Å². The van der Waals surface area contributed by atoms with Crippen molar-refractivity contribution in [2.45, 2.75) is 30.6 Å². The predicted octanol–water partition coefficient (Wildman–Crippen LogP) is 2.71. The van der Waals surface area contributed by atoms with Crippen molar-refractivity contribution in [1.82, 2.24) is 5.16 Å². The van der Waals surface area contributed by atoms with Crippen molar-refractivity contribution < 1.29 is 28.1 Å². The molecule has 1 aliphatic carbocycles. The summed E-state index contributed by atoms with van der Waals surface area (Å²) in [5.74, 6) is -0.361. The molecule has 8 heteroatoms. The van der Waals surface area contributed by atoms with Crippen LogP contribution in [0.4, 0.5) is 0 Å². The van der Waals surface area contributed by atoms with Gasteiger partial charge in [0.05, 0.1) is 19.3 Å². The molecule has 26 heavy (non-hydrogen) atoms. The number of esters is 1. The van der Waals surface area contributed by atoms with Gasteiger partial charge in [-0.1, -0.05) is 5.16 Å². The maximum absolute atomic E-state index is 13.2. The largest absolute Gasteiger partial charge is 0.612 e. The van der Waals surface area contributed by atoms with E-state index in [1.807, 2.05) is 0 Å². The topological polar surface area (TPSA) is 102 Å². The van der Waals surface area contributed by atoms with Gasteiger partial charge in [-0.25, -0.2) is 4.79 Å². The van der Waals surface area contributed by atoms with Gasteiger partial charge in [0.25, 0.3) is 0 Å². The van der Waals surface area contributed by atoms with E-state index < -0.39 is 22.9 Å². The second-order valence-corrected chi connectivity index (χ2v) is 7.29. The summed E-state index contributed by atoms with van der Waals surface area (Å²) in [5.41, 5.74) is 0.246. The number of hydrogen-bond donors (Lipinski definition) is 0. The second kappa shape index (κ2) is 7.51. The quantitative estimate of drug-likeness (QED) is 0.415. The molecule has 0 N–H and O–H groups in total. The van der Waals surface area contributed by atoms with E-state index in [2.05, 4.69) is 5.16 Å². The Morgan fingerprint density at radius 3 is 2.69 bits per heavy atom. The van der Waals surface area contributed by atoms with Gasteiger partial charge in [-0.15, -0.1) is 0 Å². The smallest absolute Gasteiger partial charge is 0.361 e. The van der Waals surface area contributed by atoms with E-state index in [-0.39, 0.29) is 35.1 Å². The first kappa shape index (κ1) is 18.5. The molecule has 1 atom stereocenters. The maximum atomic E-state index is 13.2. The summed E-state index contributed by atoms with van der Waals surface area (Å²) in [5, 5.41) is 3.78. The molecule has 2 aromatic rings. The molecule has 1 fully saturated rings. The second-order valence-electron chi connectivity index (χ2n) is 5.91. The van der Waals surface area contributed by atoms with Crippen LogP contribution in [-0.2, 0) is 15.9 Å². The lowest BCUT2D eigenvalue weighted by atomic mass is 9.99. The highest BCUT2D eigenvalue weighted by Crippen LogP contribution is 2.43. The van der Waals surface area contributed by atoms with Gasteiger partial charge in [-0.05, 0) is 43.1 Å². The van der Waals surface area contributed by atoms with E-state index in [9.17, 15) is 14.1 Å². The van der Waals surface area contributed by atoms with Crippen molar-refractivity contribution in [2.75, 3.05) is 20.0 Å². The van der Waals surface area contributed by atoms with Crippen molar-refractivity contribution in [3.8, 4) is 5.75 Å². The van der Waals surface area contributed by atoms with E-state index in [4.69, 9.17) is 14.0 Å². The van der Waals surface area contributed by atoms with Crippen molar-refractivity contribution in [3.63, 3.8) is 0 Å². The first-order valence-electron chi connectivity index (χ1n) is 8.20. The third-order valence-corrected chi connectivity index (χ3v) is 5.03. The molecule has 0 spiro atoms. The highest BCUT2D eigenvalue weighted by Gasteiger charge is 2.38. The maximum Gasteiger partial charge on any atom is 0.361 e. The first-order valence-corrected chi connectivity index (χ1v) is 9.76. The summed E-state index contributed by atoms with van der Waals surface area (Å²) in [4.78, 5) is 25.9. The molecule has 3 rings (SSSR count). The van der Waals surface area contributed by atoms with Crippen LogP contribution in [0.5, 0.6) is 5.75 Å². The number of aromatic nitrogens is 1. The van der Waals surface area contributed by atoms with Crippen LogP contribution in [-0.4, -0.2) is 41.4 Å². The Morgan fingerprint density at radius 2 is 2.12 bits per heavy atom. The van der Waals surface area contributed by atoms with Crippen LogP contribution in [0, 0.1) is 0 Å². The van der Waals surface area contributed by atoms with Crippen molar-refractivity contribution >= 4 is 22.9 Å². The minimum absolute atomic E-state index is 0.0815. The van der Waals surface area contributed by atoms with E-state index >= 15 is 0 Å². The first-order chi connectivity index (χ1) is 12.5. The molecule has 0 saturated heterocycles. The molecular formula is C18H19NO6S. The SMILES string of the molecule is CCOC(=O)c1noc(C2CC2)c1C(=O)c1ccc([S+](C)[O-])cc1OC. The van der Waals surface area contributed by atoms with Gasteiger partial charge < -0.3 is 18.5 Å². The van der Waals surface area contributed by atoms with Gasteiger partial charge in [0, 0.05) is 12.0 Å². The molecule has 0 bridgehead atoms. The Morgan fingerprint density at radius 1 is 1.38 bits per heavy atom. The van der Waals surface area contributed by atoms with Gasteiger partial charge >= 0.3 is 5.97 Å². The monoisotopic (exact) mass is 377 g/mol. The third-order valence-electron chi connectivity index (χ3n) is 4.11. The van der Waals surface area contributed by atoms with Gasteiger partial charge in [-0.2, -0.15) is 0 Å². The van der Waals surface area contributed by atoms with Crippen molar-refractivity contribution in [1.29, 1.82) is 0 Å². The summed E-state index contributed by atoms with van der Waals surface area (Å²) in [6, 6.07) is 4.69. The predicted molar refractivity (Wildman–Crippen MR) is 93.2 cm³/mol. The Bertz CT molecular complexity index is 840. The molecular weight excluding hydrogens is 358 g/mol. The van der Waals surface area contributed by atoms with E-state index in [1.54, 1.807) is 25.3 Å². The number of carbonyl (C=O) groups is 2. The number of rotatable bonds is 7. The summed E-state index contributed by atoms with van der Waals surface area (Å²) in [6.07, 6.45) is 3.30. The van der Waals surface area contributed by atoms with Gasteiger partial charge in [0.15, 0.2) is 10.7 Å². The van der Waals surface area contributed by atoms with Gasteiger partial charge in [0.1, 0.15) is 17.6 Å². The molecule has 0 radical (unpaired) electrons. The molecule has 1 aromatic carbocycles. The van der Waals surface area contributed by atoms with Crippen LogP contribution in [0.1, 0.15) is 57.9 Å². The molecule has 1 heterocycles. The molecule has 0 amide bonds. The fourth-order valence-corrected chi connectivity index (χ4v) is 3.19.